The Kier molecular flexibility index (Phi) is 2.79. The summed E-state index contributed by atoms with van der Waals surface area (Å²) in [6, 6.07) is 4.12. The quantitative estimate of drug-likeness (QED) is 0.681. The van der Waals surface area contributed by atoms with Gasteiger partial charge in [0.05, 0.1) is 19.8 Å². The second-order valence-electron chi connectivity index (χ2n) is 3.62. The van der Waals surface area contributed by atoms with Crippen LogP contribution in [0.15, 0.2) is 12.1 Å². The van der Waals surface area contributed by atoms with Gasteiger partial charge in [0.15, 0.2) is 0 Å². The number of pyridine rings is 1. The molecule has 3 nitrogen and oxygen atoms in total. The van der Waals surface area contributed by atoms with Crippen molar-refractivity contribution in [2.24, 2.45) is 0 Å². The monoisotopic (exact) mass is 193 g/mol. The van der Waals surface area contributed by atoms with E-state index >= 15 is 0 Å². The molecular weight excluding hydrogens is 178 g/mol. The van der Waals surface area contributed by atoms with E-state index in [0.717, 1.165) is 11.4 Å². The van der Waals surface area contributed by atoms with Gasteiger partial charge < -0.3 is 9.47 Å². The fourth-order valence-electron chi connectivity index (χ4n) is 1.73. The van der Waals surface area contributed by atoms with Gasteiger partial charge in [0, 0.05) is 11.4 Å². The van der Waals surface area contributed by atoms with Crippen molar-refractivity contribution in [3.05, 3.63) is 29.1 Å². The van der Waals surface area contributed by atoms with Crippen LogP contribution in [0.25, 0.3) is 0 Å². The molecule has 0 radical (unpaired) electrons. The normalized spacial score (nSPS) is 22.3. The molecule has 1 fully saturated rings. The molecule has 1 saturated heterocycles. The maximum Gasteiger partial charge on any atom is 0.106 e. The highest BCUT2D eigenvalue weighted by Gasteiger charge is 2.16. The molecule has 2 heterocycles. The van der Waals surface area contributed by atoms with Crippen LogP contribution in [0.1, 0.15) is 23.1 Å². The lowest BCUT2D eigenvalue weighted by Crippen LogP contribution is -2.22. The van der Waals surface area contributed by atoms with Gasteiger partial charge >= 0.3 is 0 Å². The average Bonchev–Trinajstić information content (AvgIpc) is 2.18. The third-order valence-corrected chi connectivity index (χ3v) is 2.29. The summed E-state index contributed by atoms with van der Waals surface area (Å²) in [4.78, 5) is 4.33. The Labute approximate surface area is 84.1 Å². The van der Waals surface area contributed by atoms with Gasteiger partial charge in [0.25, 0.3) is 0 Å². The lowest BCUT2D eigenvalue weighted by molar-refractivity contribution is -0.0902. The molecule has 0 aromatic carbocycles. The largest absolute Gasteiger partial charge is 0.376 e. The lowest BCUT2D eigenvalue weighted by atomic mass is 10.1. The molecule has 76 valence electrons. The smallest absolute Gasteiger partial charge is 0.106 e. The molecule has 0 N–H and O–H groups in total. The third-order valence-electron chi connectivity index (χ3n) is 2.29. The van der Waals surface area contributed by atoms with Crippen molar-refractivity contribution in [1.82, 2.24) is 4.98 Å². The molecule has 1 atom stereocenters. The highest BCUT2D eigenvalue weighted by molar-refractivity contribution is 5.22. The predicted octanol–water partition coefficient (Wildman–Crippen LogP) is 1.79. The number of aryl methyl sites for hydroxylation is 2. The molecule has 0 saturated carbocycles. The fourth-order valence-corrected chi connectivity index (χ4v) is 1.73. The summed E-state index contributed by atoms with van der Waals surface area (Å²) in [5, 5.41) is 0. The zero-order valence-electron chi connectivity index (χ0n) is 8.62. The topological polar surface area (TPSA) is 31.4 Å². The van der Waals surface area contributed by atoms with E-state index in [4.69, 9.17) is 9.47 Å². The first kappa shape index (κ1) is 9.62. The van der Waals surface area contributed by atoms with E-state index in [1.807, 2.05) is 13.8 Å². The minimum atomic E-state index is 0.0872. The van der Waals surface area contributed by atoms with Crippen LogP contribution in [-0.4, -0.2) is 24.8 Å². The minimum absolute atomic E-state index is 0.0872. The van der Waals surface area contributed by atoms with Gasteiger partial charge in [-0.1, -0.05) is 0 Å². The molecule has 0 aliphatic carbocycles. The van der Waals surface area contributed by atoms with Gasteiger partial charge in [-0.15, -0.1) is 0 Å². The number of hydrogen-bond acceptors (Lipinski definition) is 3. The summed E-state index contributed by atoms with van der Waals surface area (Å²) in [5.74, 6) is 0. The van der Waals surface area contributed by atoms with E-state index in [-0.39, 0.29) is 6.10 Å². The third kappa shape index (κ3) is 2.11. The Bertz CT molecular complexity index is 299. The number of nitrogens with zero attached hydrogens (tertiary/aromatic N) is 1. The van der Waals surface area contributed by atoms with E-state index in [1.54, 1.807) is 0 Å². The Balaban J connectivity index is 2.21. The summed E-state index contributed by atoms with van der Waals surface area (Å²) in [6.45, 7) is 6.05. The van der Waals surface area contributed by atoms with Gasteiger partial charge in [-0.25, -0.2) is 0 Å². The van der Waals surface area contributed by atoms with Crippen molar-refractivity contribution in [2.45, 2.75) is 20.0 Å². The molecule has 3 heteroatoms. The molecular formula is C11H15NO2. The summed E-state index contributed by atoms with van der Waals surface area (Å²) in [7, 11) is 0. The molecule has 0 unspecified atom stereocenters. The molecule has 1 aromatic rings. The second-order valence-corrected chi connectivity index (χ2v) is 3.62. The Morgan fingerprint density at radius 2 is 1.93 bits per heavy atom. The van der Waals surface area contributed by atoms with Gasteiger partial charge in [0.2, 0.25) is 0 Å². The van der Waals surface area contributed by atoms with Crippen molar-refractivity contribution in [2.75, 3.05) is 19.8 Å². The Hall–Kier alpha value is -0.930. The average molecular weight is 193 g/mol. The van der Waals surface area contributed by atoms with Gasteiger partial charge in [-0.3, -0.25) is 4.98 Å². The molecule has 0 spiro atoms. The lowest BCUT2D eigenvalue weighted by Gasteiger charge is -2.23. The van der Waals surface area contributed by atoms with E-state index in [2.05, 4.69) is 17.1 Å². The van der Waals surface area contributed by atoms with Crippen LogP contribution in [0.2, 0.25) is 0 Å². The van der Waals surface area contributed by atoms with Gasteiger partial charge in [-0.05, 0) is 31.5 Å². The summed E-state index contributed by atoms with van der Waals surface area (Å²) < 4.78 is 11.0. The predicted molar refractivity (Wildman–Crippen MR) is 53.2 cm³/mol. The maximum absolute atomic E-state index is 5.62. The fraction of sp³-hybridized carbons (Fsp3) is 0.545. The summed E-state index contributed by atoms with van der Waals surface area (Å²) in [5.41, 5.74) is 3.25. The van der Waals surface area contributed by atoms with E-state index in [0.29, 0.717) is 19.8 Å². The van der Waals surface area contributed by atoms with Crippen molar-refractivity contribution >= 4 is 0 Å². The van der Waals surface area contributed by atoms with Crippen LogP contribution >= 0.6 is 0 Å². The maximum atomic E-state index is 5.62. The Morgan fingerprint density at radius 1 is 1.21 bits per heavy atom. The van der Waals surface area contributed by atoms with Crippen molar-refractivity contribution in [1.29, 1.82) is 0 Å². The zero-order valence-corrected chi connectivity index (χ0v) is 8.62. The van der Waals surface area contributed by atoms with Crippen LogP contribution in [0.5, 0.6) is 0 Å². The van der Waals surface area contributed by atoms with Crippen LogP contribution in [0.3, 0.4) is 0 Å². The summed E-state index contributed by atoms with van der Waals surface area (Å²) in [6.07, 6.45) is 0.0872. The van der Waals surface area contributed by atoms with Crippen LogP contribution in [-0.2, 0) is 9.47 Å². The van der Waals surface area contributed by atoms with Gasteiger partial charge in [-0.2, -0.15) is 0 Å². The highest BCUT2D eigenvalue weighted by Crippen LogP contribution is 2.21. The highest BCUT2D eigenvalue weighted by atomic mass is 16.6. The van der Waals surface area contributed by atoms with Crippen molar-refractivity contribution in [3.8, 4) is 0 Å². The van der Waals surface area contributed by atoms with Crippen LogP contribution in [0, 0.1) is 13.8 Å². The second kappa shape index (κ2) is 4.07. The van der Waals surface area contributed by atoms with E-state index in [1.165, 1.54) is 5.56 Å². The number of rotatable bonds is 1. The minimum Gasteiger partial charge on any atom is -0.376 e. The van der Waals surface area contributed by atoms with Gasteiger partial charge in [0.1, 0.15) is 6.10 Å². The SMILES string of the molecule is Cc1cc([C@H]2COCCO2)cc(C)n1. The summed E-state index contributed by atoms with van der Waals surface area (Å²) >= 11 is 0. The molecule has 1 aliphatic rings. The molecule has 14 heavy (non-hydrogen) atoms. The first-order valence-corrected chi connectivity index (χ1v) is 4.90. The van der Waals surface area contributed by atoms with E-state index in [9.17, 15) is 0 Å². The zero-order chi connectivity index (χ0) is 9.97. The van der Waals surface area contributed by atoms with E-state index < -0.39 is 0 Å². The first-order valence-electron chi connectivity index (χ1n) is 4.90. The first-order chi connectivity index (χ1) is 6.75. The molecule has 1 aliphatic heterocycles. The van der Waals surface area contributed by atoms with Crippen molar-refractivity contribution < 1.29 is 9.47 Å². The number of ether oxygens (including phenoxy) is 2. The standard InChI is InChI=1S/C11H15NO2/c1-8-5-10(6-9(2)12-8)11-7-13-3-4-14-11/h5-6,11H,3-4,7H2,1-2H3/t11-/m1/s1. The number of hydrogen-bond donors (Lipinski definition) is 0. The van der Waals surface area contributed by atoms with Crippen LogP contribution < -0.4 is 0 Å². The number of aromatic nitrogens is 1. The molecule has 0 amide bonds. The molecule has 1 aromatic heterocycles. The molecule has 2 rings (SSSR count). The Morgan fingerprint density at radius 3 is 2.50 bits per heavy atom. The molecule has 0 bridgehead atoms. The van der Waals surface area contributed by atoms with Crippen LogP contribution in [0.4, 0.5) is 0 Å². The van der Waals surface area contributed by atoms with Crippen molar-refractivity contribution in [3.63, 3.8) is 0 Å².